The molecular formula is C27H40ClN3O4. The van der Waals surface area contributed by atoms with E-state index in [4.69, 9.17) is 16.3 Å². The zero-order valence-electron chi connectivity index (χ0n) is 22.4. The molecule has 2 aromatic rings. The maximum absolute atomic E-state index is 12.5. The van der Waals surface area contributed by atoms with Gasteiger partial charge < -0.3 is 24.7 Å². The molecular weight excluding hydrogens is 466 g/mol. The van der Waals surface area contributed by atoms with E-state index < -0.39 is 12.0 Å². The fourth-order valence-electron chi connectivity index (χ4n) is 2.92. The third-order valence-electron chi connectivity index (χ3n) is 4.80. The van der Waals surface area contributed by atoms with Gasteiger partial charge in [0, 0.05) is 32.7 Å². The number of benzene rings is 1. The number of aromatic nitrogens is 1. The van der Waals surface area contributed by atoms with Crippen LogP contribution in [0.25, 0.3) is 10.9 Å². The summed E-state index contributed by atoms with van der Waals surface area (Å²) in [5.41, 5.74) is 1.88. The summed E-state index contributed by atoms with van der Waals surface area (Å²) in [5.74, 6) is -0.606. The number of carbonyl (C=O) groups excluding carboxylic acids is 3. The Hall–Kier alpha value is -2.90. The molecule has 2 rings (SSSR count). The number of halogens is 1. The van der Waals surface area contributed by atoms with Gasteiger partial charge in [0.05, 0.1) is 6.61 Å². The number of nitrogens with one attached hydrogen (secondary N) is 2. The maximum Gasteiger partial charge on any atom is 0.355 e. The molecule has 0 aliphatic heterocycles. The summed E-state index contributed by atoms with van der Waals surface area (Å²) in [5, 5.41) is 4.19. The number of ether oxygens (including phenoxy) is 1. The molecule has 2 N–H and O–H groups in total. The van der Waals surface area contributed by atoms with Gasteiger partial charge in [-0.3, -0.25) is 4.79 Å². The molecule has 194 valence electrons. The second kappa shape index (κ2) is 15.9. The molecule has 0 saturated heterocycles. The summed E-state index contributed by atoms with van der Waals surface area (Å²) in [6.45, 7) is 15.8. The van der Waals surface area contributed by atoms with E-state index in [1.807, 2.05) is 20.9 Å². The quantitative estimate of drug-likeness (QED) is 0.253. The van der Waals surface area contributed by atoms with Crippen LogP contribution in [0.1, 0.15) is 77.5 Å². The van der Waals surface area contributed by atoms with Crippen LogP contribution in [0.2, 0.25) is 5.02 Å². The van der Waals surface area contributed by atoms with Gasteiger partial charge in [-0.15, -0.1) is 0 Å². The van der Waals surface area contributed by atoms with Crippen molar-refractivity contribution in [2.75, 3.05) is 13.7 Å². The van der Waals surface area contributed by atoms with E-state index in [0.717, 1.165) is 0 Å². The lowest BCUT2D eigenvalue weighted by atomic mass is 10.0. The summed E-state index contributed by atoms with van der Waals surface area (Å²) in [6.07, 6.45) is 6.37. The Morgan fingerprint density at radius 2 is 1.83 bits per heavy atom. The van der Waals surface area contributed by atoms with Crippen molar-refractivity contribution < 1.29 is 19.1 Å². The fourth-order valence-corrected chi connectivity index (χ4v) is 3.10. The molecule has 0 fully saturated rings. The van der Waals surface area contributed by atoms with E-state index in [2.05, 4.69) is 31.1 Å². The minimum absolute atomic E-state index is 0.119. The Kier molecular flexibility index (Phi) is 14.6. The average molecular weight is 506 g/mol. The number of hydrogen-bond acceptors (Lipinski definition) is 5. The van der Waals surface area contributed by atoms with Crippen molar-refractivity contribution in [1.82, 2.24) is 15.2 Å². The van der Waals surface area contributed by atoms with E-state index in [0.29, 0.717) is 45.4 Å². The Labute approximate surface area is 214 Å². The summed E-state index contributed by atoms with van der Waals surface area (Å²) < 4.78 is 5.12. The Balaban J connectivity index is 0.00000126. The van der Waals surface area contributed by atoms with E-state index in [9.17, 15) is 14.4 Å². The van der Waals surface area contributed by atoms with Crippen LogP contribution < -0.4 is 5.32 Å². The maximum atomic E-state index is 12.5. The Morgan fingerprint density at radius 1 is 1.23 bits per heavy atom. The lowest BCUT2D eigenvalue weighted by Crippen LogP contribution is -2.31. The molecule has 1 aromatic carbocycles. The number of carbonyl (C=O) groups is 3. The van der Waals surface area contributed by atoms with E-state index in [1.165, 1.54) is 4.90 Å². The van der Waals surface area contributed by atoms with Gasteiger partial charge in [0.25, 0.3) is 0 Å². The van der Waals surface area contributed by atoms with Gasteiger partial charge in [0.1, 0.15) is 18.0 Å². The van der Waals surface area contributed by atoms with Crippen LogP contribution in [0.15, 0.2) is 42.1 Å². The molecule has 0 bridgehead atoms. The number of hydrogen-bond donors (Lipinski definition) is 2. The first kappa shape index (κ1) is 32.1. The molecule has 8 heteroatoms. The van der Waals surface area contributed by atoms with Crippen LogP contribution in [-0.4, -0.2) is 47.7 Å². The van der Waals surface area contributed by atoms with Crippen LogP contribution in [0, 0.1) is 0 Å². The molecule has 1 aromatic heterocycles. The minimum atomic E-state index is -1.01. The van der Waals surface area contributed by atoms with Gasteiger partial charge in [0.2, 0.25) is 6.41 Å². The predicted molar refractivity (Wildman–Crippen MR) is 145 cm³/mol. The highest BCUT2D eigenvalue weighted by Gasteiger charge is 2.30. The number of rotatable bonds is 8. The molecule has 0 spiro atoms. The highest BCUT2D eigenvalue weighted by atomic mass is 35.5. The van der Waals surface area contributed by atoms with Crippen molar-refractivity contribution in [1.29, 1.82) is 0 Å². The predicted octanol–water partition coefficient (Wildman–Crippen LogP) is 6.21. The zero-order chi connectivity index (χ0) is 27.2. The monoisotopic (exact) mass is 505 g/mol. The van der Waals surface area contributed by atoms with E-state index in [-0.39, 0.29) is 12.3 Å². The van der Waals surface area contributed by atoms with E-state index >= 15 is 0 Å². The second-order valence-electron chi connectivity index (χ2n) is 8.13. The van der Waals surface area contributed by atoms with Gasteiger partial charge in [-0.25, -0.2) is 4.79 Å². The van der Waals surface area contributed by atoms with Crippen molar-refractivity contribution >= 4 is 41.2 Å². The van der Waals surface area contributed by atoms with Gasteiger partial charge in [-0.05, 0) is 66.8 Å². The third-order valence-corrected chi connectivity index (χ3v) is 5.03. The smallest absolute Gasteiger partial charge is 0.355 e. The topological polar surface area (TPSA) is 91.5 Å². The first-order valence-electron chi connectivity index (χ1n) is 11.7. The fraction of sp³-hybridized carbons (Fsp3) is 0.444. The van der Waals surface area contributed by atoms with Crippen LogP contribution in [0.5, 0.6) is 0 Å². The standard InChI is InChI=1S/C20H21ClN2O4.C5H13N.C2H6/c1-4-7-14(5-2)23(12-25)17(11-24)18-15-9-8-13(21)10-16(15)22-19(18)20(26)27-6-3;1-5(2,3)6-4;1-2/h4-5,7-12,17,22H,6H2,1-3H3;6H,1-4H3;1-2H3/b7-4-,14-5+;;. The number of nitrogens with zero attached hydrogens (tertiary/aromatic N) is 1. The molecule has 1 amide bonds. The Bertz CT molecular complexity index is 1020. The minimum Gasteiger partial charge on any atom is -0.461 e. The summed E-state index contributed by atoms with van der Waals surface area (Å²) >= 11 is 6.05. The van der Waals surface area contributed by atoms with Crippen molar-refractivity contribution in [3.63, 3.8) is 0 Å². The van der Waals surface area contributed by atoms with E-state index in [1.54, 1.807) is 57.2 Å². The molecule has 1 atom stereocenters. The molecule has 0 radical (unpaired) electrons. The number of fused-ring (bicyclic) bond motifs is 1. The van der Waals surface area contributed by atoms with Gasteiger partial charge in [-0.1, -0.05) is 43.7 Å². The molecule has 0 aliphatic rings. The number of amides is 1. The van der Waals surface area contributed by atoms with Crippen LogP contribution in [-0.2, 0) is 14.3 Å². The largest absolute Gasteiger partial charge is 0.461 e. The molecule has 0 aliphatic carbocycles. The molecule has 1 unspecified atom stereocenters. The lowest BCUT2D eigenvalue weighted by molar-refractivity contribution is -0.123. The molecule has 1 heterocycles. The number of aromatic amines is 1. The molecule has 7 nitrogen and oxygen atoms in total. The number of H-pyrrole nitrogens is 1. The highest BCUT2D eigenvalue weighted by molar-refractivity contribution is 6.31. The Morgan fingerprint density at radius 3 is 2.26 bits per heavy atom. The van der Waals surface area contributed by atoms with Crippen molar-refractivity contribution in [3.8, 4) is 0 Å². The summed E-state index contributed by atoms with van der Waals surface area (Å²) in [6, 6.07) is 4.00. The second-order valence-corrected chi connectivity index (χ2v) is 8.57. The van der Waals surface area contributed by atoms with Gasteiger partial charge in [0.15, 0.2) is 0 Å². The van der Waals surface area contributed by atoms with Crippen molar-refractivity contribution in [2.45, 2.75) is 67.0 Å². The summed E-state index contributed by atoms with van der Waals surface area (Å²) in [7, 11) is 1.96. The summed E-state index contributed by atoms with van der Waals surface area (Å²) in [4.78, 5) is 40.6. The lowest BCUT2D eigenvalue weighted by Gasteiger charge is -2.25. The van der Waals surface area contributed by atoms with Crippen LogP contribution in [0.3, 0.4) is 0 Å². The molecule has 35 heavy (non-hydrogen) atoms. The number of aldehydes is 1. The average Bonchev–Trinajstić information content (AvgIpc) is 3.21. The van der Waals surface area contributed by atoms with Crippen LogP contribution in [0.4, 0.5) is 0 Å². The first-order chi connectivity index (χ1) is 16.6. The number of esters is 1. The first-order valence-corrected chi connectivity index (χ1v) is 12.1. The third kappa shape index (κ3) is 9.34. The number of allylic oxidation sites excluding steroid dienone is 3. The van der Waals surface area contributed by atoms with Crippen LogP contribution >= 0.6 is 11.6 Å². The van der Waals surface area contributed by atoms with Gasteiger partial charge in [-0.2, -0.15) is 0 Å². The van der Waals surface area contributed by atoms with Crippen molar-refractivity contribution in [3.05, 3.63) is 58.4 Å². The normalized spacial score (nSPS) is 12.2. The highest BCUT2D eigenvalue weighted by Crippen LogP contribution is 2.34. The SMILES string of the molecule is C/C=C\C(=C/C)N(C=O)C(C=O)c1c(C(=O)OCC)[nH]c2cc(Cl)ccc12.CC.CNC(C)(C)C. The van der Waals surface area contributed by atoms with Gasteiger partial charge >= 0.3 is 5.97 Å². The molecule has 0 saturated carbocycles. The zero-order valence-corrected chi connectivity index (χ0v) is 23.1. The van der Waals surface area contributed by atoms with Crippen molar-refractivity contribution in [2.24, 2.45) is 0 Å².